The molecular weight excluding hydrogens is 330 g/mol. The number of rotatable bonds is 5. The van der Waals surface area contributed by atoms with Crippen LogP contribution in [0.2, 0.25) is 0 Å². The molecule has 1 aromatic rings. The molecule has 142 valence electrons. The smallest absolute Gasteiger partial charge is 0.289 e. The van der Waals surface area contributed by atoms with Crippen LogP contribution in [0.5, 0.6) is 0 Å². The third kappa shape index (κ3) is 3.01. The maximum absolute atomic E-state index is 12.9. The van der Waals surface area contributed by atoms with Crippen molar-refractivity contribution in [2.75, 3.05) is 6.54 Å². The third-order valence-corrected chi connectivity index (χ3v) is 6.65. The Morgan fingerprint density at radius 1 is 1.35 bits per heavy atom. The van der Waals surface area contributed by atoms with Crippen LogP contribution in [0.3, 0.4) is 0 Å². The highest BCUT2D eigenvalue weighted by Crippen LogP contribution is 2.44. The lowest BCUT2D eigenvalue weighted by Gasteiger charge is -2.47. The summed E-state index contributed by atoms with van der Waals surface area (Å²) in [7, 11) is 0. The first-order valence-electron chi connectivity index (χ1n) is 10.0. The summed E-state index contributed by atoms with van der Waals surface area (Å²) in [5.74, 6) is 1.74. The number of carbonyl (C=O) groups is 2. The van der Waals surface area contributed by atoms with Crippen molar-refractivity contribution >= 4 is 11.8 Å². The Morgan fingerprint density at radius 2 is 2.12 bits per heavy atom. The molecule has 2 amide bonds. The van der Waals surface area contributed by atoms with Crippen molar-refractivity contribution in [2.24, 2.45) is 11.8 Å². The van der Waals surface area contributed by atoms with Crippen molar-refractivity contribution in [1.82, 2.24) is 25.0 Å². The van der Waals surface area contributed by atoms with Gasteiger partial charge in [0.1, 0.15) is 6.33 Å². The molecule has 0 radical (unpaired) electrons. The number of piperidine rings is 1. The summed E-state index contributed by atoms with van der Waals surface area (Å²) in [6.45, 7) is 5.61. The van der Waals surface area contributed by atoms with E-state index in [1.807, 2.05) is 6.92 Å². The summed E-state index contributed by atoms with van der Waals surface area (Å²) in [6, 6.07) is 0.125. The van der Waals surface area contributed by atoms with Gasteiger partial charge in [0.25, 0.3) is 5.91 Å². The number of hydrogen-bond donors (Lipinski definition) is 1. The van der Waals surface area contributed by atoms with Gasteiger partial charge in [0.05, 0.1) is 11.6 Å². The number of amides is 2. The van der Waals surface area contributed by atoms with E-state index in [4.69, 9.17) is 0 Å². The van der Waals surface area contributed by atoms with Gasteiger partial charge in [-0.2, -0.15) is 5.10 Å². The van der Waals surface area contributed by atoms with Gasteiger partial charge in [0.2, 0.25) is 11.7 Å². The molecule has 0 spiro atoms. The molecule has 2 aliphatic carbocycles. The van der Waals surface area contributed by atoms with Crippen LogP contribution in [-0.2, 0) is 11.3 Å². The van der Waals surface area contributed by atoms with E-state index >= 15 is 0 Å². The van der Waals surface area contributed by atoms with Gasteiger partial charge in [-0.25, -0.2) is 9.67 Å². The van der Waals surface area contributed by atoms with E-state index < -0.39 is 0 Å². The fourth-order valence-corrected chi connectivity index (χ4v) is 5.01. The molecule has 4 unspecified atom stereocenters. The minimum Gasteiger partial charge on any atom is -0.342 e. The average Bonchev–Trinajstić information content (AvgIpc) is 3.06. The quantitative estimate of drug-likeness (QED) is 0.872. The lowest BCUT2D eigenvalue weighted by molar-refractivity contribution is -0.137. The fourth-order valence-electron chi connectivity index (χ4n) is 5.01. The molecular formula is C19H29N5O2. The van der Waals surface area contributed by atoms with Crippen LogP contribution in [0.4, 0.5) is 0 Å². The van der Waals surface area contributed by atoms with Crippen LogP contribution in [0, 0.1) is 11.8 Å². The molecule has 4 rings (SSSR count). The van der Waals surface area contributed by atoms with Gasteiger partial charge < -0.3 is 10.2 Å². The highest BCUT2D eigenvalue weighted by Gasteiger charge is 2.51. The van der Waals surface area contributed by atoms with E-state index in [0.717, 1.165) is 38.6 Å². The molecule has 7 heteroatoms. The van der Waals surface area contributed by atoms with Crippen molar-refractivity contribution in [3.63, 3.8) is 0 Å². The van der Waals surface area contributed by atoms with Gasteiger partial charge in [-0.3, -0.25) is 9.59 Å². The van der Waals surface area contributed by atoms with Gasteiger partial charge in [0, 0.05) is 19.5 Å². The van der Waals surface area contributed by atoms with E-state index in [0.29, 0.717) is 30.6 Å². The van der Waals surface area contributed by atoms with E-state index in [1.165, 1.54) is 12.7 Å². The number of carbonyl (C=O) groups excluding carboxylic acids is 2. The van der Waals surface area contributed by atoms with Crippen LogP contribution >= 0.6 is 0 Å². The van der Waals surface area contributed by atoms with Crippen LogP contribution in [0.1, 0.15) is 69.4 Å². The predicted octanol–water partition coefficient (Wildman–Crippen LogP) is 1.99. The number of fused-ring (bicyclic) bond motifs is 1. The zero-order chi connectivity index (χ0) is 18.3. The van der Waals surface area contributed by atoms with Crippen LogP contribution in [0.25, 0.3) is 0 Å². The molecule has 0 aromatic carbocycles. The molecule has 7 nitrogen and oxygen atoms in total. The zero-order valence-electron chi connectivity index (χ0n) is 15.8. The molecule has 2 saturated carbocycles. The predicted molar refractivity (Wildman–Crippen MR) is 96.4 cm³/mol. The number of aromatic nitrogens is 3. The number of aryl methyl sites for hydroxylation is 1. The number of hydrogen-bond acceptors (Lipinski definition) is 4. The molecule has 2 heterocycles. The Bertz CT molecular complexity index is 702. The van der Waals surface area contributed by atoms with Crippen LogP contribution in [-0.4, -0.2) is 49.6 Å². The van der Waals surface area contributed by atoms with Crippen molar-refractivity contribution in [2.45, 2.75) is 76.9 Å². The molecule has 4 atom stereocenters. The first kappa shape index (κ1) is 17.5. The van der Waals surface area contributed by atoms with Gasteiger partial charge >= 0.3 is 0 Å². The number of likely N-dealkylation sites (tertiary alicyclic amines) is 1. The summed E-state index contributed by atoms with van der Waals surface area (Å²) in [5, 5.41) is 7.38. The molecule has 1 aromatic heterocycles. The van der Waals surface area contributed by atoms with Crippen molar-refractivity contribution in [3.8, 4) is 0 Å². The molecule has 1 saturated heterocycles. The minimum atomic E-state index is -0.301. The normalized spacial score (nSPS) is 33.0. The average molecular weight is 359 g/mol. The number of nitrogens with one attached hydrogen (secondary N) is 1. The second kappa shape index (κ2) is 6.67. The van der Waals surface area contributed by atoms with Crippen molar-refractivity contribution in [1.29, 1.82) is 0 Å². The Morgan fingerprint density at radius 3 is 2.85 bits per heavy atom. The minimum absolute atomic E-state index is 0.125. The van der Waals surface area contributed by atoms with Crippen LogP contribution in [0.15, 0.2) is 6.33 Å². The summed E-state index contributed by atoms with van der Waals surface area (Å²) in [4.78, 5) is 31.9. The molecule has 0 bridgehead atoms. The van der Waals surface area contributed by atoms with E-state index in [2.05, 4.69) is 27.2 Å². The maximum Gasteiger partial charge on any atom is 0.289 e. The summed E-state index contributed by atoms with van der Waals surface area (Å²) >= 11 is 0. The lowest BCUT2D eigenvalue weighted by atomic mass is 9.82. The van der Waals surface area contributed by atoms with Crippen molar-refractivity contribution < 1.29 is 9.59 Å². The lowest BCUT2D eigenvalue weighted by Crippen LogP contribution is -2.63. The van der Waals surface area contributed by atoms with E-state index in [-0.39, 0.29) is 23.4 Å². The molecule has 3 fully saturated rings. The SMILES string of the molecule is CCn1ncnc1C(=O)NC12CCCC1N(C(=O)CC1CC1C)CCC2. The van der Waals surface area contributed by atoms with E-state index in [1.54, 1.807) is 4.68 Å². The Hall–Kier alpha value is -1.92. The summed E-state index contributed by atoms with van der Waals surface area (Å²) < 4.78 is 1.62. The summed E-state index contributed by atoms with van der Waals surface area (Å²) in [5.41, 5.74) is -0.301. The highest BCUT2D eigenvalue weighted by molar-refractivity contribution is 5.91. The second-order valence-electron chi connectivity index (χ2n) is 8.29. The van der Waals surface area contributed by atoms with E-state index in [9.17, 15) is 9.59 Å². The van der Waals surface area contributed by atoms with Gasteiger partial charge in [-0.1, -0.05) is 6.92 Å². The Kier molecular flexibility index (Phi) is 4.49. The number of nitrogens with zero attached hydrogens (tertiary/aromatic N) is 4. The third-order valence-electron chi connectivity index (χ3n) is 6.65. The summed E-state index contributed by atoms with van der Waals surface area (Å²) in [6.07, 6.45) is 8.13. The topological polar surface area (TPSA) is 80.1 Å². The first-order chi connectivity index (χ1) is 12.5. The standard InChI is InChI=1S/C19H29N5O2/c1-3-24-17(20-12-21-24)18(26)22-19-7-4-6-15(19)23(9-5-8-19)16(25)11-14-10-13(14)2/h12-15H,3-11H2,1-2H3,(H,22,26). The van der Waals surface area contributed by atoms with Crippen LogP contribution < -0.4 is 5.32 Å². The largest absolute Gasteiger partial charge is 0.342 e. The van der Waals surface area contributed by atoms with Gasteiger partial charge in [-0.15, -0.1) is 0 Å². The first-order valence-corrected chi connectivity index (χ1v) is 10.0. The highest BCUT2D eigenvalue weighted by atomic mass is 16.2. The fraction of sp³-hybridized carbons (Fsp3) is 0.789. The molecule has 26 heavy (non-hydrogen) atoms. The molecule has 1 aliphatic heterocycles. The molecule has 1 N–H and O–H groups in total. The monoisotopic (exact) mass is 359 g/mol. The van der Waals surface area contributed by atoms with Crippen molar-refractivity contribution in [3.05, 3.63) is 12.2 Å². The van der Waals surface area contributed by atoms with Gasteiger partial charge in [-0.05, 0) is 57.3 Å². The second-order valence-corrected chi connectivity index (χ2v) is 8.29. The maximum atomic E-state index is 12.9. The van der Waals surface area contributed by atoms with Gasteiger partial charge in [0.15, 0.2) is 0 Å². The Labute approximate surface area is 154 Å². The molecule has 3 aliphatic rings. The Balaban J connectivity index is 1.50. The zero-order valence-corrected chi connectivity index (χ0v) is 15.8.